The van der Waals surface area contributed by atoms with Gasteiger partial charge in [-0.25, -0.2) is 0 Å². The highest BCUT2D eigenvalue weighted by atomic mass is 127. The zero-order valence-corrected chi connectivity index (χ0v) is 20.9. The summed E-state index contributed by atoms with van der Waals surface area (Å²) in [6.07, 6.45) is 0.924. The molecule has 0 spiro atoms. The molecule has 1 aromatic carbocycles. The quantitative estimate of drug-likeness (QED) is 0.360. The van der Waals surface area contributed by atoms with Gasteiger partial charge in [0.15, 0.2) is 5.96 Å². The largest absolute Gasteiger partial charge is 0.356 e. The Bertz CT molecular complexity index is 790. The van der Waals surface area contributed by atoms with E-state index < -0.39 is 0 Å². The number of benzene rings is 1. The Morgan fingerprint density at radius 2 is 1.79 bits per heavy atom. The second kappa shape index (κ2) is 10.3. The third kappa shape index (κ3) is 6.22. The van der Waals surface area contributed by atoms with E-state index in [4.69, 9.17) is 0 Å². The van der Waals surface area contributed by atoms with Gasteiger partial charge >= 0.3 is 0 Å². The van der Waals surface area contributed by atoms with Gasteiger partial charge in [-0.15, -0.1) is 24.0 Å². The lowest BCUT2D eigenvalue weighted by Gasteiger charge is -2.28. The minimum Gasteiger partial charge on any atom is -0.356 e. The second-order valence-corrected chi connectivity index (χ2v) is 8.20. The Balaban J connectivity index is 0.00000392. The maximum Gasteiger partial charge on any atom is 0.191 e. The Morgan fingerprint density at radius 3 is 2.29 bits per heavy atom. The second-order valence-electron chi connectivity index (χ2n) is 8.20. The van der Waals surface area contributed by atoms with Gasteiger partial charge in [0.2, 0.25) is 0 Å². The van der Waals surface area contributed by atoms with E-state index in [0.29, 0.717) is 0 Å². The molecule has 0 bridgehead atoms. The monoisotopic (exact) mass is 497 g/mol. The number of rotatable bonds is 6. The lowest BCUT2D eigenvalue weighted by Crippen LogP contribution is -2.47. The summed E-state index contributed by atoms with van der Waals surface area (Å²) in [4.78, 5) is 4.40. The fourth-order valence-electron chi connectivity index (χ4n) is 3.31. The molecule has 0 fully saturated rings. The van der Waals surface area contributed by atoms with Crippen LogP contribution in [0, 0.1) is 20.8 Å². The van der Waals surface area contributed by atoms with Crippen molar-refractivity contribution in [2.24, 2.45) is 12.0 Å². The number of hydrogen-bond donors (Lipinski definition) is 2. The van der Waals surface area contributed by atoms with E-state index in [-0.39, 0.29) is 35.4 Å². The average Bonchev–Trinajstić information content (AvgIpc) is 2.85. The highest BCUT2D eigenvalue weighted by Crippen LogP contribution is 2.22. The van der Waals surface area contributed by atoms with E-state index in [1.54, 1.807) is 0 Å². The van der Waals surface area contributed by atoms with Crippen molar-refractivity contribution >= 4 is 29.9 Å². The van der Waals surface area contributed by atoms with Crippen LogP contribution in [0.1, 0.15) is 48.8 Å². The van der Waals surface area contributed by atoms with E-state index >= 15 is 0 Å². The Morgan fingerprint density at radius 1 is 1.18 bits per heavy atom. The van der Waals surface area contributed by atoms with Gasteiger partial charge in [-0.2, -0.15) is 5.10 Å². The van der Waals surface area contributed by atoms with Gasteiger partial charge < -0.3 is 10.6 Å². The summed E-state index contributed by atoms with van der Waals surface area (Å²) in [6.45, 7) is 13.8. The molecular weight excluding hydrogens is 461 g/mol. The molecule has 0 radical (unpaired) electrons. The summed E-state index contributed by atoms with van der Waals surface area (Å²) in [6, 6.07) is 9.03. The minimum absolute atomic E-state index is 0. The van der Waals surface area contributed by atoms with Crippen molar-refractivity contribution in [1.29, 1.82) is 0 Å². The van der Waals surface area contributed by atoms with E-state index in [2.05, 4.69) is 86.5 Å². The fraction of sp³-hybridized carbons (Fsp3) is 0.545. The summed E-state index contributed by atoms with van der Waals surface area (Å²) in [5, 5.41) is 11.5. The molecule has 2 N–H and O–H groups in total. The third-order valence-corrected chi connectivity index (χ3v) is 5.31. The molecule has 0 saturated carbocycles. The number of halogens is 1. The Kier molecular flexibility index (Phi) is 8.98. The molecule has 1 atom stereocenters. The van der Waals surface area contributed by atoms with Crippen molar-refractivity contribution in [2.45, 2.75) is 59.4 Å². The van der Waals surface area contributed by atoms with Crippen molar-refractivity contribution in [3.05, 3.63) is 52.3 Å². The molecule has 0 aliphatic rings. The van der Waals surface area contributed by atoms with Crippen LogP contribution in [-0.4, -0.2) is 35.4 Å². The van der Waals surface area contributed by atoms with Crippen LogP contribution < -0.4 is 10.6 Å². The Hall–Kier alpha value is -1.57. The van der Waals surface area contributed by atoms with Crippen LogP contribution >= 0.6 is 24.0 Å². The summed E-state index contributed by atoms with van der Waals surface area (Å²) < 4.78 is 1.95. The average molecular weight is 497 g/mol. The first kappa shape index (κ1) is 24.5. The van der Waals surface area contributed by atoms with Gasteiger partial charge in [-0.3, -0.25) is 9.67 Å². The molecule has 6 heteroatoms. The van der Waals surface area contributed by atoms with E-state index in [0.717, 1.165) is 24.6 Å². The first-order valence-corrected chi connectivity index (χ1v) is 9.67. The number of nitrogens with one attached hydrogen (secondary N) is 2. The van der Waals surface area contributed by atoms with Crippen molar-refractivity contribution < 1.29 is 0 Å². The molecule has 28 heavy (non-hydrogen) atoms. The normalized spacial score (nSPS) is 13.1. The Labute approximate surface area is 187 Å². The van der Waals surface area contributed by atoms with Crippen LogP contribution in [0.25, 0.3) is 0 Å². The van der Waals surface area contributed by atoms with Gasteiger partial charge in [0.05, 0.1) is 5.69 Å². The highest BCUT2D eigenvalue weighted by Gasteiger charge is 2.21. The van der Waals surface area contributed by atoms with Crippen LogP contribution in [-0.2, 0) is 18.9 Å². The van der Waals surface area contributed by atoms with Crippen molar-refractivity contribution in [3.8, 4) is 0 Å². The summed E-state index contributed by atoms with van der Waals surface area (Å²) in [5.74, 6) is 0.835. The molecule has 1 unspecified atom stereocenters. The van der Waals surface area contributed by atoms with Gasteiger partial charge in [0.25, 0.3) is 0 Å². The van der Waals surface area contributed by atoms with Gasteiger partial charge in [-0.05, 0) is 45.2 Å². The predicted octanol–water partition coefficient (Wildman–Crippen LogP) is 4.04. The standard InChI is InChI=1S/C22H35N5.HI/c1-15-9-11-19(12-10-15)22(5,6)14-24-21(23-7)25-16(2)13-20-17(3)26-27(8)18(20)4;/h9-12,16H,13-14H2,1-8H3,(H2,23,24,25);1H. The molecule has 0 saturated heterocycles. The lowest BCUT2D eigenvalue weighted by atomic mass is 9.84. The first-order valence-electron chi connectivity index (χ1n) is 9.67. The van der Waals surface area contributed by atoms with E-state index in [1.165, 1.54) is 22.4 Å². The van der Waals surface area contributed by atoms with Crippen molar-refractivity contribution in [1.82, 2.24) is 20.4 Å². The summed E-state index contributed by atoms with van der Waals surface area (Å²) in [7, 11) is 3.82. The third-order valence-electron chi connectivity index (χ3n) is 5.31. The van der Waals surface area contributed by atoms with Crippen molar-refractivity contribution in [3.63, 3.8) is 0 Å². The van der Waals surface area contributed by atoms with Crippen LogP contribution in [0.4, 0.5) is 0 Å². The molecule has 1 heterocycles. The lowest BCUT2D eigenvalue weighted by molar-refractivity contribution is 0.504. The number of nitrogens with zero attached hydrogens (tertiary/aromatic N) is 3. The zero-order valence-electron chi connectivity index (χ0n) is 18.6. The van der Waals surface area contributed by atoms with Gasteiger partial charge in [-0.1, -0.05) is 43.7 Å². The molecule has 5 nitrogen and oxygen atoms in total. The maximum absolute atomic E-state index is 4.51. The van der Waals surface area contributed by atoms with Gasteiger partial charge in [0, 0.05) is 37.8 Å². The highest BCUT2D eigenvalue weighted by molar-refractivity contribution is 14.0. The molecule has 0 aliphatic carbocycles. The summed E-state index contributed by atoms with van der Waals surface area (Å²) >= 11 is 0. The number of guanidine groups is 1. The van der Waals surface area contributed by atoms with Crippen LogP contribution in [0.3, 0.4) is 0 Å². The molecule has 2 rings (SSSR count). The van der Waals surface area contributed by atoms with Crippen LogP contribution in [0.2, 0.25) is 0 Å². The molecule has 0 aliphatic heterocycles. The summed E-state index contributed by atoms with van der Waals surface area (Å²) in [5.41, 5.74) is 6.27. The molecule has 156 valence electrons. The van der Waals surface area contributed by atoms with Crippen LogP contribution in [0.15, 0.2) is 29.3 Å². The number of aliphatic imine (C=N–C) groups is 1. The van der Waals surface area contributed by atoms with Gasteiger partial charge in [0.1, 0.15) is 0 Å². The number of aromatic nitrogens is 2. The smallest absolute Gasteiger partial charge is 0.191 e. The van der Waals surface area contributed by atoms with Crippen molar-refractivity contribution in [2.75, 3.05) is 13.6 Å². The molecule has 1 aromatic heterocycles. The first-order chi connectivity index (χ1) is 12.6. The minimum atomic E-state index is 0. The number of aryl methyl sites for hydroxylation is 3. The topological polar surface area (TPSA) is 54.2 Å². The SMILES string of the molecule is CN=C(NCC(C)(C)c1ccc(C)cc1)NC(C)Cc1c(C)nn(C)c1C.I. The molecular formula is C22H36IN5. The van der Waals surface area contributed by atoms with Crippen LogP contribution in [0.5, 0.6) is 0 Å². The molecule has 0 amide bonds. The zero-order chi connectivity index (χ0) is 20.2. The predicted molar refractivity (Wildman–Crippen MR) is 130 cm³/mol. The van der Waals surface area contributed by atoms with E-state index in [9.17, 15) is 0 Å². The number of hydrogen-bond acceptors (Lipinski definition) is 2. The maximum atomic E-state index is 4.51. The molecule has 2 aromatic rings. The fourth-order valence-corrected chi connectivity index (χ4v) is 3.31. The van der Waals surface area contributed by atoms with E-state index in [1.807, 2.05) is 18.8 Å².